The topological polar surface area (TPSA) is 39.3 Å². The molecule has 0 bridgehead atoms. The highest BCUT2D eigenvalue weighted by molar-refractivity contribution is 5.68. The molecule has 0 saturated carbocycles. The molecule has 1 aliphatic rings. The van der Waals surface area contributed by atoms with Gasteiger partial charge in [0.05, 0.1) is 6.04 Å². The zero-order valence-corrected chi connectivity index (χ0v) is 14.6. The molecular weight excluding hydrogens is 296 g/mol. The van der Waals surface area contributed by atoms with Crippen molar-refractivity contribution in [1.82, 2.24) is 21.1 Å². The maximum atomic E-state index is 3.50. The van der Waals surface area contributed by atoms with Gasteiger partial charge < -0.3 is 10.2 Å². The minimum atomic E-state index is 0.332. The molecule has 2 unspecified atom stereocenters. The van der Waals surface area contributed by atoms with Gasteiger partial charge in [-0.1, -0.05) is 54.6 Å². The summed E-state index contributed by atoms with van der Waals surface area (Å²) in [5.41, 5.74) is 10.8. The first kappa shape index (κ1) is 17.1. The quantitative estimate of drug-likeness (QED) is 0.731. The lowest BCUT2D eigenvalue weighted by Gasteiger charge is -2.26. The lowest BCUT2D eigenvalue weighted by atomic mass is 9.88. The van der Waals surface area contributed by atoms with Crippen molar-refractivity contribution in [2.75, 3.05) is 40.3 Å². The average molecular weight is 324 g/mol. The molecule has 4 heteroatoms. The largest absolute Gasteiger partial charge is 0.318 e. The van der Waals surface area contributed by atoms with E-state index < -0.39 is 0 Å². The lowest BCUT2D eigenvalue weighted by molar-refractivity contribution is 0.271. The molecule has 2 atom stereocenters. The van der Waals surface area contributed by atoms with Crippen molar-refractivity contribution in [3.8, 4) is 11.1 Å². The van der Waals surface area contributed by atoms with Crippen LogP contribution in [0.2, 0.25) is 0 Å². The maximum absolute atomic E-state index is 3.50. The van der Waals surface area contributed by atoms with Gasteiger partial charge in [-0.25, -0.2) is 5.43 Å². The Kier molecular flexibility index (Phi) is 5.99. The molecule has 2 aromatic rings. The van der Waals surface area contributed by atoms with Crippen molar-refractivity contribution in [2.24, 2.45) is 5.92 Å². The summed E-state index contributed by atoms with van der Waals surface area (Å²) in [4.78, 5) is 2.41. The van der Waals surface area contributed by atoms with Crippen molar-refractivity contribution in [2.45, 2.75) is 6.04 Å². The first-order valence-corrected chi connectivity index (χ1v) is 8.75. The van der Waals surface area contributed by atoms with E-state index in [0.29, 0.717) is 12.0 Å². The summed E-state index contributed by atoms with van der Waals surface area (Å²) in [7, 11) is 4.21. The monoisotopic (exact) mass is 324 g/mol. The Morgan fingerprint density at radius 1 is 1.08 bits per heavy atom. The van der Waals surface area contributed by atoms with Crippen LogP contribution >= 0.6 is 0 Å². The van der Waals surface area contributed by atoms with Crippen LogP contribution in [0.25, 0.3) is 11.1 Å². The molecule has 2 aromatic carbocycles. The highest BCUT2D eigenvalue weighted by Gasteiger charge is 2.30. The summed E-state index contributed by atoms with van der Waals surface area (Å²) >= 11 is 0. The minimum Gasteiger partial charge on any atom is -0.318 e. The van der Waals surface area contributed by atoms with E-state index in [1.807, 2.05) is 7.05 Å². The number of hydrazine groups is 1. The van der Waals surface area contributed by atoms with E-state index in [1.165, 1.54) is 16.7 Å². The first-order chi connectivity index (χ1) is 11.8. The van der Waals surface area contributed by atoms with Gasteiger partial charge >= 0.3 is 0 Å². The third-order valence-electron chi connectivity index (χ3n) is 4.76. The Labute approximate surface area is 145 Å². The fourth-order valence-corrected chi connectivity index (χ4v) is 3.48. The van der Waals surface area contributed by atoms with Crippen LogP contribution in [0.15, 0.2) is 54.6 Å². The van der Waals surface area contributed by atoms with E-state index in [1.54, 1.807) is 0 Å². The van der Waals surface area contributed by atoms with E-state index in [4.69, 9.17) is 0 Å². The van der Waals surface area contributed by atoms with Gasteiger partial charge in [-0.05, 0) is 30.8 Å². The van der Waals surface area contributed by atoms with Crippen molar-refractivity contribution < 1.29 is 0 Å². The first-order valence-electron chi connectivity index (χ1n) is 8.75. The number of likely N-dealkylation sites (N-methyl/N-ethyl adjacent to an activating group) is 2. The Hall–Kier alpha value is -1.72. The lowest BCUT2D eigenvalue weighted by Crippen LogP contribution is -2.34. The zero-order chi connectivity index (χ0) is 16.8. The molecule has 4 nitrogen and oxygen atoms in total. The summed E-state index contributed by atoms with van der Waals surface area (Å²) in [6.07, 6.45) is 0. The second kappa shape index (κ2) is 8.40. The highest BCUT2D eigenvalue weighted by atomic mass is 15.4. The highest BCUT2D eigenvalue weighted by Crippen LogP contribution is 2.33. The number of nitrogens with one attached hydrogen (secondary N) is 3. The van der Waals surface area contributed by atoms with Gasteiger partial charge in [0.25, 0.3) is 0 Å². The predicted molar refractivity (Wildman–Crippen MR) is 101 cm³/mol. The molecule has 24 heavy (non-hydrogen) atoms. The number of nitrogens with zero attached hydrogens (tertiary/aromatic N) is 1. The molecule has 0 spiro atoms. The van der Waals surface area contributed by atoms with Gasteiger partial charge in [-0.2, -0.15) is 0 Å². The number of rotatable bonds is 7. The van der Waals surface area contributed by atoms with Gasteiger partial charge in [0, 0.05) is 32.1 Å². The average Bonchev–Trinajstić information content (AvgIpc) is 3.08. The molecule has 1 aliphatic heterocycles. The number of benzene rings is 2. The third-order valence-corrected chi connectivity index (χ3v) is 4.76. The van der Waals surface area contributed by atoms with Gasteiger partial charge in [0.2, 0.25) is 0 Å². The predicted octanol–water partition coefficient (Wildman–Crippen LogP) is 2.27. The molecule has 1 saturated heterocycles. The summed E-state index contributed by atoms with van der Waals surface area (Å²) in [6.45, 7) is 4.17. The second-order valence-electron chi connectivity index (χ2n) is 6.58. The molecular formula is C20H28N4. The van der Waals surface area contributed by atoms with Crippen LogP contribution in [0.1, 0.15) is 11.6 Å². The molecule has 3 rings (SSSR count). The summed E-state index contributed by atoms with van der Waals surface area (Å²) in [5, 5.41) is 3.22. The molecule has 1 heterocycles. The van der Waals surface area contributed by atoms with E-state index >= 15 is 0 Å². The molecule has 0 aliphatic carbocycles. The fourth-order valence-electron chi connectivity index (χ4n) is 3.48. The molecule has 3 N–H and O–H groups in total. The normalized spacial score (nSPS) is 20.6. The van der Waals surface area contributed by atoms with Crippen LogP contribution < -0.4 is 16.2 Å². The molecule has 0 radical (unpaired) electrons. The fraction of sp³-hybridized carbons (Fsp3) is 0.400. The smallest absolute Gasteiger partial charge is 0.0521 e. The Morgan fingerprint density at radius 3 is 2.62 bits per heavy atom. The standard InChI is InChI=1S/C20H28N4/c1-21-12-13-24(2)15-17-14-22-23-20(17)19-11-7-6-10-18(19)16-8-4-3-5-9-16/h3-11,17,20-23H,12-15H2,1-2H3. The van der Waals surface area contributed by atoms with Gasteiger partial charge in [-0.3, -0.25) is 5.43 Å². The van der Waals surface area contributed by atoms with Crippen LogP contribution in [-0.2, 0) is 0 Å². The molecule has 1 fully saturated rings. The summed E-state index contributed by atoms with van der Waals surface area (Å²) in [6, 6.07) is 19.8. The van der Waals surface area contributed by atoms with E-state index in [-0.39, 0.29) is 0 Å². The van der Waals surface area contributed by atoms with Crippen molar-refractivity contribution in [3.63, 3.8) is 0 Å². The van der Waals surface area contributed by atoms with Crippen molar-refractivity contribution in [1.29, 1.82) is 0 Å². The van der Waals surface area contributed by atoms with Gasteiger partial charge in [0.15, 0.2) is 0 Å². The Bertz CT molecular complexity index is 629. The van der Waals surface area contributed by atoms with E-state index in [2.05, 4.69) is 82.7 Å². The van der Waals surface area contributed by atoms with Crippen LogP contribution in [0.3, 0.4) is 0 Å². The van der Waals surface area contributed by atoms with Crippen molar-refractivity contribution >= 4 is 0 Å². The molecule has 128 valence electrons. The van der Waals surface area contributed by atoms with Crippen LogP contribution in [0.4, 0.5) is 0 Å². The Balaban J connectivity index is 1.80. The third kappa shape index (κ3) is 4.02. The summed E-state index contributed by atoms with van der Waals surface area (Å²) < 4.78 is 0. The van der Waals surface area contributed by atoms with E-state index in [0.717, 1.165) is 26.2 Å². The second-order valence-corrected chi connectivity index (χ2v) is 6.58. The van der Waals surface area contributed by atoms with Crippen LogP contribution in [0.5, 0.6) is 0 Å². The Morgan fingerprint density at radius 2 is 1.83 bits per heavy atom. The molecule has 0 amide bonds. The van der Waals surface area contributed by atoms with Crippen LogP contribution in [0, 0.1) is 5.92 Å². The SMILES string of the molecule is CNCCN(C)CC1CNNC1c1ccccc1-c1ccccc1. The molecule has 0 aromatic heterocycles. The number of hydrogen-bond acceptors (Lipinski definition) is 4. The van der Waals surface area contributed by atoms with Gasteiger partial charge in [0.1, 0.15) is 0 Å². The maximum Gasteiger partial charge on any atom is 0.0521 e. The van der Waals surface area contributed by atoms with Crippen LogP contribution in [-0.4, -0.2) is 45.2 Å². The van der Waals surface area contributed by atoms with E-state index in [9.17, 15) is 0 Å². The number of hydrogen-bond donors (Lipinski definition) is 3. The van der Waals surface area contributed by atoms with Gasteiger partial charge in [-0.15, -0.1) is 0 Å². The van der Waals surface area contributed by atoms with Crippen molar-refractivity contribution in [3.05, 3.63) is 60.2 Å². The zero-order valence-electron chi connectivity index (χ0n) is 14.6. The minimum absolute atomic E-state index is 0.332. The summed E-state index contributed by atoms with van der Waals surface area (Å²) in [5.74, 6) is 0.553.